The van der Waals surface area contributed by atoms with Crippen LogP contribution in [0.1, 0.15) is 42.9 Å². The molecule has 0 aromatic heterocycles. The molecule has 2 fully saturated rings. The minimum atomic E-state index is -0.526. The summed E-state index contributed by atoms with van der Waals surface area (Å²) < 4.78 is 0. The molecule has 1 saturated heterocycles. The number of nitrogens with zero attached hydrogens (tertiary/aromatic N) is 1. The van der Waals surface area contributed by atoms with E-state index in [0.717, 1.165) is 25.4 Å². The molecule has 2 atom stereocenters. The highest BCUT2D eigenvalue weighted by atomic mass is 16.3. The molecule has 1 aromatic carbocycles. The van der Waals surface area contributed by atoms with Crippen molar-refractivity contribution in [3.8, 4) is 0 Å². The SMILES string of the molecule is Cc1cc(C)cc(CC2(O)CC(C)N(C3CC3)C2)c1. The van der Waals surface area contributed by atoms with Crippen molar-refractivity contribution < 1.29 is 5.11 Å². The quantitative estimate of drug-likeness (QED) is 0.902. The second kappa shape index (κ2) is 4.60. The third kappa shape index (κ3) is 2.85. The minimum absolute atomic E-state index is 0.526. The van der Waals surface area contributed by atoms with Crippen LogP contribution in [0.3, 0.4) is 0 Å². The zero-order chi connectivity index (χ0) is 13.6. The maximum absolute atomic E-state index is 10.9. The fourth-order valence-electron chi connectivity index (χ4n) is 3.80. The fraction of sp³-hybridized carbons (Fsp3) is 0.647. The van der Waals surface area contributed by atoms with Gasteiger partial charge in [-0.3, -0.25) is 4.90 Å². The van der Waals surface area contributed by atoms with Crippen LogP contribution in [0, 0.1) is 13.8 Å². The Bertz CT molecular complexity index is 460. The van der Waals surface area contributed by atoms with E-state index in [1.807, 2.05) is 0 Å². The highest BCUT2D eigenvalue weighted by Gasteiger charge is 2.45. The van der Waals surface area contributed by atoms with Crippen LogP contribution < -0.4 is 0 Å². The van der Waals surface area contributed by atoms with Crippen LogP contribution in [-0.2, 0) is 6.42 Å². The van der Waals surface area contributed by atoms with E-state index < -0.39 is 5.60 Å². The van der Waals surface area contributed by atoms with Gasteiger partial charge in [0, 0.05) is 25.0 Å². The van der Waals surface area contributed by atoms with Crippen molar-refractivity contribution in [2.75, 3.05) is 6.54 Å². The average Bonchev–Trinajstić information content (AvgIpc) is 3.03. The van der Waals surface area contributed by atoms with Crippen molar-refractivity contribution in [1.82, 2.24) is 4.90 Å². The second-order valence-electron chi connectivity index (χ2n) is 6.85. The van der Waals surface area contributed by atoms with Gasteiger partial charge in [0.15, 0.2) is 0 Å². The van der Waals surface area contributed by atoms with Crippen LogP contribution >= 0.6 is 0 Å². The Morgan fingerprint density at radius 2 is 1.84 bits per heavy atom. The maximum atomic E-state index is 10.9. The molecular formula is C17H25NO. The topological polar surface area (TPSA) is 23.5 Å². The van der Waals surface area contributed by atoms with Gasteiger partial charge < -0.3 is 5.11 Å². The maximum Gasteiger partial charge on any atom is 0.0829 e. The van der Waals surface area contributed by atoms with Gasteiger partial charge in [0.05, 0.1) is 5.60 Å². The minimum Gasteiger partial charge on any atom is -0.388 e. The van der Waals surface area contributed by atoms with Crippen LogP contribution in [0.25, 0.3) is 0 Å². The summed E-state index contributed by atoms with van der Waals surface area (Å²) in [6, 6.07) is 7.92. The summed E-state index contributed by atoms with van der Waals surface area (Å²) in [5.41, 5.74) is 3.35. The van der Waals surface area contributed by atoms with Crippen LogP contribution in [0.4, 0.5) is 0 Å². The molecule has 1 aromatic rings. The van der Waals surface area contributed by atoms with E-state index in [0.29, 0.717) is 6.04 Å². The molecule has 1 aliphatic heterocycles. The zero-order valence-electron chi connectivity index (χ0n) is 12.3. The van der Waals surface area contributed by atoms with E-state index in [-0.39, 0.29) is 0 Å². The predicted molar refractivity (Wildman–Crippen MR) is 78.4 cm³/mol. The lowest BCUT2D eigenvalue weighted by Gasteiger charge is -2.24. The van der Waals surface area contributed by atoms with Crippen molar-refractivity contribution in [1.29, 1.82) is 0 Å². The van der Waals surface area contributed by atoms with Gasteiger partial charge in [0.2, 0.25) is 0 Å². The van der Waals surface area contributed by atoms with Crippen LogP contribution in [0.2, 0.25) is 0 Å². The van der Waals surface area contributed by atoms with Crippen molar-refractivity contribution >= 4 is 0 Å². The molecule has 2 nitrogen and oxygen atoms in total. The molecule has 0 amide bonds. The molecule has 19 heavy (non-hydrogen) atoms. The number of hydrogen-bond donors (Lipinski definition) is 1. The Balaban J connectivity index is 1.74. The van der Waals surface area contributed by atoms with Gasteiger partial charge in [-0.05, 0) is 45.6 Å². The molecule has 3 rings (SSSR count). The summed E-state index contributed by atoms with van der Waals surface area (Å²) in [6.45, 7) is 7.38. The lowest BCUT2D eigenvalue weighted by atomic mass is 9.91. The molecule has 1 N–H and O–H groups in total. The third-order valence-electron chi connectivity index (χ3n) is 4.55. The van der Waals surface area contributed by atoms with Crippen LogP contribution in [0.5, 0.6) is 0 Å². The predicted octanol–water partition coefficient (Wildman–Crippen LogP) is 2.83. The molecule has 0 spiro atoms. The first-order chi connectivity index (χ1) is 8.95. The van der Waals surface area contributed by atoms with Gasteiger partial charge in [-0.15, -0.1) is 0 Å². The fourth-order valence-corrected chi connectivity index (χ4v) is 3.80. The van der Waals surface area contributed by atoms with Crippen LogP contribution in [-0.4, -0.2) is 34.2 Å². The van der Waals surface area contributed by atoms with Gasteiger partial charge in [0.1, 0.15) is 0 Å². The first kappa shape index (κ1) is 13.1. The normalized spacial score (nSPS) is 31.9. The molecule has 0 radical (unpaired) electrons. The van der Waals surface area contributed by atoms with Crippen molar-refractivity contribution in [2.45, 2.75) is 64.1 Å². The molecule has 104 valence electrons. The Morgan fingerprint density at radius 3 is 2.42 bits per heavy atom. The summed E-state index contributed by atoms with van der Waals surface area (Å²) in [5, 5.41) is 10.9. The monoisotopic (exact) mass is 259 g/mol. The van der Waals surface area contributed by atoms with E-state index in [4.69, 9.17) is 0 Å². The zero-order valence-corrected chi connectivity index (χ0v) is 12.3. The van der Waals surface area contributed by atoms with Gasteiger partial charge in [0.25, 0.3) is 0 Å². The largest absolute Gasteiger partial charge is 0.388 e. The highest BCUT2D eigenvalue weighted by Crippen LogP contribution is 2.38. The number of aliphatic hydroxyl groups is 1. The molecule has 2 unspecified atom stereocenters. The third-order valence-corrected chi connectivity index (χ3v) is 4.55. The highest BCUT2D eigenvalue weighted by molar-refractivity contribution is 5.30. The Morgan fingerprint density at radius 1 is 1.21 bits per heavy atom. The number of hydrogen-bond acceptors (Lipinski definition) is 2. The lowest BCUT2D eigenvalue weighted by molar-refractivity contribution is 0.0487. The van der Waals surface area contributed by atoms with Gasteiger partial charge in [-0.1, -0.05) is 29.3 Å². The summed E-state index contributed by atoms with van der Waals surface area (Å²) in [7, 11) is 0. The van der Waals surface area contributed by atoms with Crippen LogP contribution in [0.15, 0.2) is 18.2 Å². The number of benzene rings is 1. The standard InChI is InChI=1S/C17H25NO/c1-12-6-13(2)8-15(7-12)10-17(19)9-14(3)18(11-17)16-4-5-16/h6-8,14,16,19H,4-5,9-11H2,1-3H3. The lowest BCUT2D eigenvalue weighted by Crippen LogP contribution is -2.36. The molecule has 2 aliphatic rings. The molecule has 0 bridgehead atoms. The Kier molecular flexibility index (Phi) is 3.18. The summed E-state index contributed by atoms with van der Waals surface area (Å²) in [4.78, 5) is 2.52. The van der Waals surface area contributed by atoms with E-state index in [2.05, 4.69) is 43.9 Å². The average molecular weight is 259 g/mol. The number of likely N-dealkylation sites (tertiary alicyclic amines) is 1. The Labute approximate surface area is 116 Å². The van der Waals surface area contributed by atoms with Gasteiger partial charge in [-0.25, -0.2) is 0 Å². The second-order valence-corrected chi connectivity index (χ2v) is 6.85. The first-order valence-corrected chi connectivity index (χ1v) is 7.50. The van der Waals surface area contributed by atoms with Crippen molar-refractivity contribution in [2.24, 2.45) is 0 Å². The van der Waals surface area contributed by atoms with Gasteiger partial charge >= 0.3 is 0 Å². The first-order valence-electron chi connectivity index (χ1n) is 7.50. The number of aryl methyl sites for hydroxylation is 2. The van der Waals surface area contributed by atoms with Gasteiger partial charge in [-0.2, -0.15) is 0 Å². The van der Waals surface area contributed by atoms with Crippen molar-refractivity contribution in [3.05, 3.63) is 34.9 Å². The van der Waals surface area contributed by atoms with Crippen molar-refractivity contribution in [3.63, 3.8) is 0 Å². The smallest absolute Gasteiger partial charge is 0.0829 e. The van der Waals surface area contributed by atoms with E-state index in [1.165, 1.54) is 29.5 Å². The van der Waals surface area contributed by atoms with E-state index in [1.54, 1.807) is 0 Å². The molecule has 2 heteroatoms. The summed E-state index contributed by atoms with van der Waals surface area (Å²) >= 11 is 0. The number of rotatable bonds is 3. The Hall–Kier alpha value is -0.860. The number of β-amino-alcohol motifs (C(OH)–C–C–N with tert-alkyl or cyclic N) is 1. The van der Waals surface area contributed by atoms with E-state index in [9.17, 15) is 5.11 Å². The summed E-state index contributed by atoms with van der Waals surface area (Å²) in [6.07, 6.45) is 4.35. The molecule has 1 saturated carbocycles. The summed E-state index contributed by atoms with van der Waals surface area (Å²) in [5.74, 6) is 0. The molecule has 1 aliphatic carbocycles. The molecular weight excluding hydrogens is 234 g/mol. The van der Waals surface area contributed by atoms with E-state index >= 15 is 0 Å². The molecule has 1 heterocycles.